The van der Waals surface area contributed by atoms with Crippen LogP contribution >= 0.6 is 0 Å². The lowest BCUT2D eigenvalue weighted by Crippen LogP contribution is -2.03. The molecular formula is C13H12N2O4. The molecule has 1 aromatic heterocycles. The van der Waals surface area contributed by atoms with E-state index in [-0.39, 0.29) is 17.0 Å². The van der Waals surface area contributed by atoms with Gasteiger partial charge >= 0.3 is 5.97 Å². The van der Waals surface area contributed by atoms with Gasteiger partial charge in [-0.15, -0.1) is 0 Å². The zero-order valence-corrected chi connectivity index (χ0v) is 10.1. The SMILES string of the molecule is COc1cc(N)ccc1C(=O)c1c[nH]c(C(=O)O)c1. The molecule has 98 valence electrons. The molecule has 0 atom stereocenters. The van der Waals surface area contributed by atoms with E-state index in [9.17, 15) is 9.59 Å². The fourth-order valence-corrected chi connectivity index (χ4v) is 1.70. The number of nitrogens with two attached hydrogens (primary N) is 1. The Kier molecular flexibility index (Phi) is 3.24. The first kappa shape index (κ1) is 12.7. The number of benzene rings is 1. The number of carboxylic acids is 1. The monoisotopic (exact) mass is 260 g/mol. The van der Waals surface area contributed by atoms with Crippen LogP contribution in [-0.4, -0.2) is 29.0 Å². The van der Waals surface area contributed by atoms with Crippen molar-refractivity contribution in [1.29, 1.82) is 0 Å². The molecule has 0 saturated carbocycles. The number of carbonyl (C=O) groups excluding carboxylic acids is 1. The van der Waals surface area contributed by atoms with Crippen LogP contribution in [0.2, 0.25) is 0 Å². The number of methoxy groups -OCH3 is 1. The molecule has 0 unspecified atom stereocenters. The fourth-order valence-electron chi connectivity index (χ4n) is 1.70. The largest absolute Gasteiger partial charge is 0.496 e. The van der Waals surface area contributed by atoms with Gasteiger partial charge in [0.15, 0.2) is 5.78 Å². The van der Waals surface area contributed by atoms with Crippen molar-refractivity contribution in [3.63, 3.8) is 0 Å². The van der Waals surface area contributed by atoms with E-state index >= 15 is 0 Å². The fraction of sp³-hybridized carbons (Fsp3) is 0.0769. The summed E-state index contributed by atoms with van der Waals surface area (Å²) in [4.78, 5) is 25.5. The van der Waals surface area contributed by atoms with Crippen LogP contribution in [0.25, 0.3) is 0 Å². The molecule has 0 spiro atoms. The third kappa shape index (κ3) is 2.42. The minimum atomic E-state index is -1.12. The number of aromatic carboxylic acids is 1. The molecule has 1 aromatic carbocycles. The number of nitrogens with one attached hydrogen (secondary N) is 1. The second kappa shape index (κ2) is 4.85. The molecule has 6 heteroatoms. The summed E-state index contributed by atoms with van der Waals surface area (Å²) >= 11 is 0. The summed E-state index contributed by atoms with van der Waals surface area (Å²) in [5, 5.41) is 8.80. The number of hydrogen-bond acceptors (Lipinski definition) is 4. The Labute approximate surface area is 108 Å². The molecule has 0 aliphatic rings. The van der Waals surface area contributed by atoms with Crippen molar-refractivity contribution >= 4 is 17.4 Å². The summed E-state index contributed by atoms with van der Waals surface area (Å²) in [7, 11) is 1.44. The number of carbonyl (C=O) groups is 2. The highest BCUT2D eigenvalue weighted by Crippen LogP contribution is 2.24. The van der Waals surface area contributed by atoms with Crippen LogP contribution in [0.3, 0.4) is 0 Å². The van der Waals surface area contributed by atoms with E-state index in [1.807, 2.05) is 0 Å². The number of nitrogen functional groups attached to an aromatic ring is 1. The number of carboxylic acid groups (broad SMARTS) is 1. The van der Waals surface area contributed by atoms with Crippen LogP contribution in [-0.2, 0) is 0 Å². The second-order valence-corrected chi connectivity index (χ2v) is 3.90. The van der Waals surface area contributed by atoms with Gasteiger partial charge in [-0.3, -0.25) is 4.79 Å². The highest BCUT2D eigenvalue weighted by Gasteiger charge is 2.17. The molecular weight excluding hydrogens is 248 g/mol. The standard InChI is InChI=1S/C13H12N2O4/c1-19-11-5-8(14)2-3-9(11)12(16)7-4-10(13(17)18)15-6-7/h2-6,15H,14H2,1H3,(H,17,18). The number of hydrogen-bond donors (Lipinski definition) is 3. The van der Waals surface area contributed by atoms with E-state index < -0.39 is 5.97 Å². The van der Waals surface area contributed by atoms with Crippen LogP contribution in [0, 0.1) is 0 Å². The van der Waals surface area contributed by atoms with E-state index in [0.29, 0.717) is 17.0 Å². The molecule has 0 aliphatic heterocycles. The first-order valence-electron chi connectivity index (χ1n) is 5.43. The van der Waals surface area contributed by atoms with E-state index in [2.05, 4.69) is 4.98 Å². The Morgan fingerprint density at radius 1 is 1.32 bits per heavy atom. The number of rotatable bonds is 4. The molecule has 2 aromatic rings. The predicted molar refractivity (Wildman–Crippen MR) is 68.6 cm³/mol. The van der Waals surface area contributed by atoms with Crippen LogP contribution in [0.4, 0.5) is 5.69 Å². The molecule has 0 aliphatic carbocycles. The van der Waals surface area contributed by atoms with Gasteiger partial charge in [-0.2, -0.15) is 0 Å². The maximum absolute atomic E-state index is 12.2. The van der Waals surface area contributed by atoms with Gasteiger partial charge in [-0.25, -0.2) is 4.79 Å². The zero-order chi connectivity index (χ0) is 14.0. The minimum Gasteiger partial charge on any atom is -0.496 e. The third-order valence-electron chi connectivity index (χ3n) is 2.65. The summed E-state index contributed by atoms with van der Waals surface area (Å²) in [5.74, 6) is -1.10. The van der Waals surface area contributed by atoms with Gasteiger partial charge in [0, 0.05) is 23.5 Å². The van der Waals surface area contributed by atoms with Crippen LogP contribution in [0.1, 0.15) is 26.4 Å². The highest BCUT2D eigenvalue weighted by molar-refractivity contribution is 6.11. The smallest absolute Gasteiger partial charge is 0.352 e. The van der Waals surface area contributed by atoms with E-state index in [4.69, 9.17) is 15.6 Å². The quantitative estimate of drug-likeness (QED) is 0.571. The van der Waals surface area contributed by atoms with E-state index in [0.717, 1.165) is 0 Å². The van der Waals surface area contributed by atoms with Crippen LogP contribution < -0.4 is 10.5 Å². The van der Waals surface area contributed by atoms with Crippen molar-refractivity contribution in [2.45, 2.75) is 0 Å². The maximum Gasteiger partial charge on any atom is 0.352 e. The van der Waals surface area contributed by atoms with Crippen molar-refractivity contribution in [3.05, 3.63) is 47.3 Å². The Hall–Kier alpha value is -2.76. The van der Waals surface area contributed by atoms with Gasteiger partial charge < -0.3 is 20.6 Å². The Morgan fingerprint density at radius 2 is 2.05 bits per heavy atom. The maximum atomic E-state index is 12.2. The van der Waals surface area contributed by atoms with Crippen molar-refractivity contribution in [2.75, 3.05) is 12.8 Å². The molecule has 0 bridgehead atoms. The molecule has 19 heavy (non-hydrogen) atoms. The minimum absolute atomic E-state index is 0.0437. The van der Waals surface area contributed by atoms with Gasteiger partial charge in [0.25, 0.3) is 0 Å². The molecule has 2 rings (SSSR count). The first-order valence-corrected chi connectivity index (χ1v) is 5.43. The summed E-state index contributed by atoms with van der Waals surface area (Å²) in [5.41, 5.74) is 6.62. The molecule has 1 heterocycles. The summed E-state index contributed by atoms with van der Waals surface area (Å²) in [6.45, 7) is 0. The van der Waals surface area contributed by atoms with Crippen LogP contribution in [0.5, 0.6) is 5.75 Å². The lowest BCUT2D eigenvalue weighted by Gasteiger charge is -2.07. The molecule has 0 saturated heterocycles. The Bertz CT molecular complexity index is 646. The van der Waals surface area contributed by atoms with Gasteiger partial charge in [-0.05, 0) is 18.2 Å². The second-order valence-electron chi connectivity index (χ2n) is 3.90. The van der Waals surface area contributed by atoms with Crippen molar-refractivity contribution in [2.24, 2.45) is 0 Å². The Morgan fingerprint density at radius 3 is 2.63 bits per heavy atom. The van der Waals surface area contributed by atoms with Gasteiger partial charge in [-0.1, -0.05) is 0 Å². The van der Waals surface area contributed by atoms with Crippen molar-refractivity contribution in [1.82, 2.24) is 4.98 Å². The Balaban J connectivity index is 2.40. The number of aromatic amines is 1. The van der Waals surface area contributed by atoms with E-state index in [1.165, 1.54) is 25.4 Å². The molecule has 4 N–H and O–H groups in total. The van der Waals surface area contributed by atoms with Crippen molar-refractivity contribution < 1.29 is 19.4 Å². The zero-order valence-electron chi connectivity index (χ0n) is 10.1. The predicted octanol–water partition coefficient (Wildman–Crippen LogP) is 1.53. The highest BCUT2D eigenvalue weighted by atomic mass is 16.5. The third-order valence-corrected chi connectivity index (χ3v) is 2.65. The average Bonchev–Trinajstić information content (AvgIpc) is 2.87. The first-order chi connectivity index (χ1) is 9.02. The number of ether oxygens (including phenoxy) is 1. The number of anilines is 1. The summed E-state index contributed by atoms with van der Waals surface area (Å²) in [6, 6.07) is 5.95. The normalized spacial score (nSPS) is 10.2. The van der Waals surface area contributed by atoms with Crippen LogP contribution in [0.15, 0.2) is 30.5 Å². The van der Waals surface area contributed by atoms with Gasteiger partial charge in [0.2, 0.25) is 0 Å². The summed E-state index contributed by atoms with van der Waals surface area (Å²) in [6.07, 6.45) is 1.35. The number of ketones is 1. The van der Waals surface area contributed by atoms with E-state index in [1.54, 1.807) is 12.1 Å². The molecule has 0 radical (unpaired) electrons. The van der Waals surface area contributed by atoms with Gasteiger partial charge in [0.05, 0.1) is 12.7 Å². The number of H-pyrrole nitrogens is 1. The molecule has 6 nitrogen and oxygen atoms in total. The average molecular weight is 260 g/mol. The van der Waals surface area contributed by atoms with Gasteiger partial charge in [0.1, 0.15) is 11.4 Å². The molecule has 0 fully saturated rings. The lowest BCUT2D eigenvalue weighted by atomic mass is 10.0. The summed E-state index contributed by atoms with van der Waals surface area (Å²) < 4.78 is 5.10. The molecule has 0 amide bonds. The lowest BCUT2D eigenvalue weighted by molar-refractivity contribution is 0.0691. The number of aromatic nitrogens is 1. The topological polar surface area (TPSA) is 105 Å². The van der Waals surface area contributed by atoms with Crippen molar-refractivity contribution in [3.8, 4) is 5.75 Å².